The number of benzene rings is 1. The zero-order valence-corrected chi connectivity index (χ0v) is 7.96. The standard InChI is InChI=1S/C6H6O2S3/c7-11(8)6-3-1-5(10-9)2-4-6/h1-4,9H,(H,7,8). The molecule has 0 fully saturated rings. The van der Waals surface area contributed by atoms with Crippen molar-refractivity contribution in [1.82, 2.24) is 0 Å². The SMILES string of the molecule is O=S(O)c1ccc(SS)cc1. The summed E-state index contributed by atoms with van der Waals surface area (Å²) in [5.41, 5.74) is 0. The Morgan fingerprint density at radius 2 is 1.91 bits per heavy atom. The first kappa shape index (κ1) is 9.12. The molecule has 0 radical (unpaired) electrons. The number of rotatable bonds is 2. The predicted molar refractivity (Wildman–Crippen MR) is 50.3 cm³/mol. The zero-order chi connectivity index (χ0) is 8.27. The van der Waals surface area contributed by atoms with E-state index in [9.17, 15) is 4.21 Å². The van der Waals surface area contributed by atoms with Gasteiger partial charge < -0.3 is 4.55 Å². The lowest BCUT2D eigenvalue weighted by Crippen LogP contribution is -1.86. The zero-order valence-electron chi connectivity index (χ0n) is 5.43. The van der Waals surface area contributed by atoms with Gasteiger partial charge in [-0.05, 0) is 24.3 Å². The maximum Gasteiger partial charge on any atom is 0.186 e. The Morgan fingerprint density at radius 1 is 1.36 bits per heavy atom. The van der Waals surface area contributed by atoms with E-state index in [0.29, 0.717) is 4.90 Å². The van der Waals surface area contributed by atoms with Crippen molar-refractivity contribution in [2.75, 3.05) is 0 Å². The van der Waals surface area contributed by atoms with Gasteiger partial charge in [-0.25, -0.2) is 4.21 Å². The summed E-state index contributed by atoms with van der Waals surface area (Å²) in [6.45, 7) is 0. The quantitative estimate of drug-likeness (QED) is 0.442. The summed E-state index contributed by atoms with van der Waals surface area (Å²) in [6, 6.07) is 6.71. The minimum absolute atomic E-state index is 0.413. The highest BCUT2D eigenvalue weighted by Crippen LogP contribution is 2.21. The van der Waals surface area contributed by atoms with Gasteiger partial charge in [-0.15, -0.1) is 11.7 Å². The van der Waals surface area contributed by atoms with E-state index in [2.05, 4.69) is 11.7 Å². The van der Waals surface area contributed by atoms with Crippen LogP contribution in [-0.2, 0) is 11.1 Å². The van der Waals surface area contributed by atoms with Gasteiger partial charge in [0.15, 0.2) is 11.1 Å². The number of hydrogen-bond acceptors (Lipinski definition) is 3. The van der Waals surface area contributed by atoms with Crippen LogP contribution in [0.15, 0.2) is 34.1 Å². The second-order valence-corrected chi connectivity index (χ2v) is 3.98. The van der Waals surface area contributed by atoms with Gasteiger partial charge in [0.05, 0.1) is 4.90 Å². The van der Waals surface area contributed by atoms with Crippen LogP contribution in [0.2, 0.25) is 0 Å². The Bertz CT molecular complexity index is 257. The Morgan fingerprint density at radius 3 is 2.27 bits per heavy atom. The van der Waals surface area contributed by atoms with E-state index in [1.807, 2.05) is 0 Å². The van der Waals surface area contributed by atoms with Gasteiger partial charge in [-0.1, -0.05) is 10.8 Å². The van der Waals surface area contributed by atoms with Crippen molar-refractivity contribution in [2.24, 2.45) is 0 Å². The second kappa shape index (κ2) is 4.15. The first-order valence-corrected chi connectivity index (χ1v) is 5.74. The molecule has 0 aliphatic rings. The maximum absolute atomic E-state index is 10.5. The molecule has 0 bridgehead atoms. The van der Waals surface area contributed by atoms with Gasteiger partial charge in [-0.3, -0.25) is 0 Å². The first-order valence-electron chi connectivity index (χ1n) is 2.76. The summed E-state index contributed by atoms with van der Waals surface area (Å²) in [5, 5.41) is 0. The van der Waals surface area contributed by atoms with Gasteiger partial charge in [0.1, 0.15) is 0 Å². The summed E-state index contributed by atoms with van der Waals surface area (Å²) in [7, 11) is 1.30. The number of hydrogen-bond donors (Lipinski definition) is 2. The fourth-order valence-electron chi connectivity index (χ4n) is 0.617. The molecule has 0 aliphatic carbocycles. The van der Waals surface area contributed by atoms with Crippen LogP contribution in [0, 0.1) is 0 Å². The van der Waals surface area contributed by atoms with E-state index in [1.54, 1.807) is 24.3 Å². The van der Waals surface area contributed by atoms with Crippen LogP contribution in [0.5, 0.6) is 0 Å². The third-order valence-electron chi connectivity index (χ3n) is 1.13. The molecular formula is C6H6O2S3. The summed E-state index contributed by atoms with van der Waals surface area (Å²) in [4.78, 5) is 1.37. The molecule has 1 atom stereocenters. The highest BCUT2D eigenvalue weighted by molar-refractivity contribution is 8.68. The second-order valence-electron chi connectivity index (χ2n) is 1.81. The largest absolute Gasteiger partial charge is 0.302 e. The molecule has 0 amide bonds. The summed E-state index contributed by atoms with van der Waals surface area (Å²) < 4.78 is 19.1. The molecule has 1 aromatic carbocycles. The molecule has 2 nitrogen and oxygen atoms in total. The molecule has 0 saturated heterocycles. The smallest absolute Gasteiger partial charge is 0.186 e. The van der Waals surface area contributed by atoms with Crippen LogP contribution in [0.4, 0.5) is 0 Å². The van der Waals surface area contributed by atoms with E-state index < -0.39 is 11.1 Å². The predicted octanol–water partition coefficient (Wildman–Crippen LogP) is 2.20. The normalized spacial score (nSPS) is 12.9. The molecule has 0 spiro atoms. The monoisotopic (exact) mass is 206 g/mol. The lowest BCUT2D eigenvalue weighted by molar-refractivity contribution is 0.564. The average Bonchev–Trinajstić information content (AvgIpc) is 2.05. The summed E-state index contributed by atoms with van der Waals surface area (Å²) >= 11 is 2.10. The molecule has 60 valence electrons. The molecule has 0 heterocycles. The van der Waals surface area contributed by atoms with Crippen molar-refractivity contribution >= 4 is 33.5 Å². The van der Waals surface area contributed by atoms with Crippen LogP contribution in [0.25, 0.3) is 0 Å². The minimum atomic E-state index is -1.87. The van der Waals surface area contributed by atoms with Crippen molar-refractivity contribution < 1.29 is 8.76 Å². The van der Waals surface area contributed by atoms with Gasteiger partial charge >= 0.3 is 0 Å². The minimum Gasteiger partial charge on any atom is -0.302 e. The van der Waals surface area contributed by atoms with Crippen LogP contribution in [0.3, 0.4) is 0 Å². The molecule has 5 heteroatoms. The number of thiol groups is 1. The highest BCUT2D eigenvalue weighted by atomic mass is 33.1. The van der Waals surface area contributed by atoms with Crippen molar-refractivity contribution in [3.8, 4) is 0 Å². The van der Waals surface area contributed by atoms with E-state index >= 15 is 0 Å². The molecule has 11 heavy (non-hydrogen) atoms. The van der Waals surface area contributed by atoms with Crippen molar-refractivity contribution in [3.05, 3.63) is 24.3 Å². The highest BCUT2D eigenvalue weighted by Gasteiger charge is 1.97. The molecule has 0 aliphatic heterocycles. The topological polar surface area (TPSA) is 37.3 Å². The Hall–Kier alpha value is 0.0300. The Kier molecular flexibility index (Phi) is 3.45. The third-order valence-corrected chi connectivity index (χ3v) is 2.92. The van der Waals surface area contributed by atoms with E-state index in [1.165, 1.54) is 10.8 Å². The third kappa shape index (κ3) is 2.52. The Balaban J connectivity index is 2.91. The molecule has 0 aromatic heterocycles. The van der Waals surface area contributed by atoms with Gasteiger partial charge in [0, 0.05) is 4.90 Å². The molecule has 1 N–H and O–H groups in total. The molecule has 1 rings (SSSR count). The lowest BCUT2D eigenvalue weighted by atomic mass is 10.4. The molecule has 1 aromatic rings. The maximum atomic E-state index is 10.5. The molecular weight excluding hydrogens is 200 g/mol. The molecule has 1 unspecified atom stereocenters. The fraction of sp³-hybridized carbons (Fsp3) is 0. The lowest BCUT2D eigenvalue weighted by Gasteiger charge is -1.95. The van der Waals surface area contributed by atoms with Gasteiger partial charge in [-0.2, -0.15) is 0 Å². The van der Waals surface area contributed by atoms with Gasteiger partial charge in [0.25, 0.3) is 0 Å². The van der Waals surface area contributed by atoms with Crippen LogP contribution >= 0.6 is 22.5 Å². The van der Waals surface area contributed by atoms with Crippen LogP contribution < -0.4 is 0 Å². The van der Waals surface area contributed by atoms with E-state index in [4.69, 9.17) is 4.55 Å². The Labute approximate surface area is 76.5 Å². The van der Waals surface area contributed by atoms with Crippen molar-refractivity contribution in [3.63, 3.8) is 0 Å². The summed E-state index contributed by atoms with van der Waals surface area (Å²) in [5.74, 6) is 0. The van der Waals surface area contributed by atoms with Gasteiger partial charge in [0.2, 0.25) is 0 Å². The van der Waals surface area contributed by atoms with E-state index in [0.717, 1.165) is 4.90 Å². The van der Waals surface area contributed by atoms with Crippen molar-refractivity contribution in [1.29, 1.82) is 0 Å². The summed E-state index contributed by atoms with van der Waals surface area (Å²) in [6.07, 6.45) is 0. The van der Waals surface area contributed by atoms with Crippen LogP contribution in [0.1, 0.15) is 0 Å². The fourth-order valence-corrected chi connectivity index (χ4v) is 1.61. The first-order chi connectivity index (χ1) is 5.24. The van der Waals surface area contributed by atoms with E-state index in [-0.39, 0.29) is 0 Å². The van der Waals surface area contributed by atoms with Crippen LogP contribution in [-0.4, -0.2) is 8.76 Å². The van der Waals surface area contributed by atoms with Crippen molar-refractivity contribution in [2.45, 2.75) is 9.79 Å². The average molecular weight is 206 g/mol. The molecule has 0 saturated carbocycles.